The van der Waals surface area contributed by atoms with Crippen molar-refractivity contribution in [2.24, 2.45) is 7.05 Å². The highest BCUT2D eigenvalue weighted by Crippen LogP contribution is 2.36. The number of amides is 2. The van der Waals surface area contributed by atoms with Crippen molar-refractivity contribution in [3.05, 3.63) is 64.8 Å². The third-order valence-electron chi connectivity index (χ3n) is 5.85. The predicted octanol–water partition coefficient (Wildman–Crippen LogP) is 4.79. The summed E-state index contributed by atoms with van der Waals surface area (Å²) in [7, 11) is 3.76. The van der Waals surface area contributed by atoms with Gasteiger partial charge in [-0.3, -0.25) is 4.79 Å². The van der Waals surface area contributed by atoms with Crippen LogP contribution in [0.2, 0.25) is 5.02 Å². The van der Waals surface area contributed by atoms with Gasteiger partial charge in [-0.05, 0) is 54.3 Å². The largest absolute Gasteiger partial charge is 0.486 e. The molecule has 0 bridgehead atoms. The summed E-state index contributed by atoms with van der Waals surface area (Å²) >= 11 is 5.99. The van der Waals surface area contributed by atoms with Crippen molar-refractivity contribution in [2.45, 2.75) is 31.9 Å². The van der Waals surface area contributed by atoms with E-state index in [0.717, 1.165) is 16.5 Å². The van der Waals surface area contributed by atoms with Gasteiger partial charge in [-0.15, -0.1) is 0 Å². The Morgan fingerprint density at radius 2 is 2.06 bits per heavy atom. The van der Waals surface area contributed by atoms with Crippen LogP contribution in [0.5, 0.6) is 5.75 Å². The van der Waals surface area contributed by atoms with E-state index in [-0.39, 0.29) is 18.2 Å². The number of aromatic nitrogens is 1. The molecule has 0 radical (unpaired) electrons. The standard InChI is InChI=1S/C24H26ClN3O3/c1-24(14-21(29)19-13-18(25)5-7-22(19)31-24)9-11-28(3)23(30)26-15-16-4-6-20-17(12-16)8-10-27(20)2/h4-8,10,12-13H,9,11,14-15H2,1-3H3,(H,26,30). The monoisotopic (exact) mass is 439 g/mol. The van der Waals surface area contributed by atoms with Crippen LogP contribution in [0.25, 0.3) is 10.9 Å². The van der Waals surface area contributed by atoms with Crippen molar-refractivity contribution >= 4 is 34.3 Å². The van der Waals surface area contributed by atoms with E-state index in [9.17, 15) is 9.59 Å². The first-order chi connectivity index (χ1) is 14.7. The quantitative estimate of drug-likeness (QED) is 0.621. The number of nitrogens with zero attached hydrogens (tertiary/aromatic N) is 2. The smallest absolute Gasteiger partial charge is 0.317 e. The highest BCUT2D eigenvalue weighted by Gasteiger charge is 2.36. The molecule has 31 heavy (non-hydrogen) atoms. The number of carbonyl (C=O) groups excluding carboxylic acids is 2. The lowest BCUT2D eigenvalue weighted by Gasteiger charge is -2.36. The molecule has 0 saturated heterocycles. The van der Waals surface area contributed by atoms with Crippen molar-refractivity contribution in [2.75, 3.05) is 13.6 Å². The van der Waals surface area contributed by atoms with Gasteiger partial charge in [-0.25, -0.2) is 4.79 Å². The predicted molar refractivity (Wildman–Crippen MR) is 122 cm³/mol. The number of urea groups is 1. The van der Waals surface area contributed by atoms with Crippen molar-refractivity contribution in [3.8, 4) is 5.75 Å². The van der Waals surface area contributed by atoms with Crippen LogP contribution in [0.15, 0.2) is 48.7 Å². The molecule has 7 heteroatoms. The second-order valence-electron chi connectivity index (χ2n) is 8.44. The summed E-state index contributed by atoms with van der Waals surface area (Å²) in [6.07, 6.45) is 2.82. The SMILES string of the molecule is CN(CCC1(C)CC(=O)c2cc(Cl)ccc2O1)C(=O)NCc1ccc2c(ccn2C)c1. The molecule has 0 saturated carbocycles. The normalized spacial score (nSPS) is 17.9. The molecule has 2 aromatic carbocycles. The van der Waals surface area contributed by atoms with E-state index < -0.39 is 5.60 Å². The van der Waals surface area contributed by atoms with Crippen LogP contribution in [-0.4, -0.2) is 40.5 Å². The second-order valence-corrected chi connectivity index (χ2v) is 8.88. The zero-order valence-corrected chi connectivity index (χ0v) is 18.7. The number of carbonyl (C=O) groups is 2. The number of benzene rings is 2. The highest BCUT2D eigenvalue weighted by atomic mass is 35.5. The van der Waals surface area contributed by atoms with Gasteiger partial charge in [0, 0.05) is 50.3 Å². The van der Waals surface area contributed by atoms with Crippen molar-refractivity contribution in [3.63, 3.8) is 0 Å². The summed E-state index contributed by atoms with van der Waals surface area (Å²) in [5.74, 6) is 0.557. The van der Waals surface area contributed by atoms with Crippen LogP contribution in [0.3, 0.4) is 0 Å². The van der Waals surface area contributed by atoms with E-state index in [0.29, 0.717) is 35.8 Å². The molecule has 3 aromatic rings. The minimum absolute atomic E-state index is 0.00894. The van der Waals surface area contributed by atoms with Gasteiger partial charge in [0.05, 0.1) is 12.0 Å². The lowest BCUT2D eigenvalue weighted by atomic mass is 9.89. The third-order valence-corrected chi connectivity index (χ3v) is 6.08. The zero-order chi connectivity index (χ0) is 22.2. The molecule has 1 atom stereocenters. The summed E-state index contributed by atoms with van der Waals surface area (Å²) in [6, 6.07) is 13.2. The minimum atomic E-state index is -0.662. The first kappa shape index (κ1) is 21.2. The van der Waals surface area contributed by atoms with Gasteiger partial charge >= 0.3 is 6.03 Å². The fraction of sp³-hybridized carbons (Fsp3) is 0.333. The summed E-state index contributed by atoms with van der Waals surface area (Å²) < 4.78 is 8.17. The number of hydrogen-bond donors (Lipinski definition) is 1. The number of aryl methyl sites for hydroxylation is 1. The molecule has 4 rings (SSSR count). The lowest BCUT2D eigenvalue weighted by Crippen LogP contribution is -2.44. The topological polar surface area (TPSA) is 63.6 Å². The maximum absolute atomic E-state index is 12.6. The van der Waals surface area contributed by atoms with E-state index in [1.54, 1.807) is 30.1 Å². The molecule has 1 N–H and O–H groups in total. The summed E-state index contributed by atoms with van der Waals surface area (Å²) in [4.78, 5) is 26.7. The van der Waals surface area contributed by atoms with Gasteiger partial charge in [0.2, 0.25) is 0 Å². The van der Waals surface area contributed by atoms with Crippen LogP contribution in [0.1, 0.15) is 35.7 Å². The molecule has 1 aliphatic heterocycles. The first-order valence-corrected chi connectivity index (χ1v) is 10.7. The molecule has 0 fully saturated rings. The Kier molecular flexibility index (Phi) is 5.67. The van der Waals surface area contributed by atoms with Crippen LogP contribution >= 0.6 is 11.6 Å². The summed E-state index contributed by atoms with van der Waals surface area (Å²) in [5.41, 5.74) is 2.06. The van der Waals surface area contributed by atoms with Crippen molar-refractivity contribution in [1.29, 1.82) is 0 Å². The van der Waals surface area contributed by atoms with Gasteiger partial charge < -0.3 is 19.5 Å². The molecule has 1 aliphatic rings. The Hall–Kier alpha value is -2.99. The molecular formula is C24H26ClN3O3. The maximum Gasteiger partial charge on any atom is 0.317 e. The molecule has 1 aromatic heterocycles. The van der Waals surface area contributed by atoms with Gasteiger partial charge in [-0.2, -0.15) is 0 Å². The lowest BCUT2D eigenvalue weighted by molar-refractivity contribution is 0.0432. The third kappa shape index (κ3) is 4.54. The number of fused-ring (bicyclic) bond motifs is 2. The van der Waals surface area contributed by atoms with Crippen molar-refractivity contribution in [1.82, 2.24) is 14.8 Å². The number of ether oxygens (including phenoxy) is 1. The van der Waals surface area contributed by atoms with E-state index in [2.05, 4.69) is 28.1 Å². The first-order valence-electron chi connectivity index (χ1n) is 10.3. The van der Waals surface area contributed by atoms with E-state index in [1.165, 1.54) is 0 Å². The van der Waals surface area contributed by atoms with Crippen LogP contribution in [-0.2, 0) is 13.6 Å². The number of rotatable bonds is 5. The fourth-order valence-corrected chi connectivity index (χ4v) is 4.12. The molecule has 1 unspecified atom stereocenters. The fourth-order valence-electron chi connectivity index (χ4n) is 3.94. The Morgan fingerprint density at radius 1 is 1.26 bits per heavy atom. The van der Waals surface area contributed by atoms with E-state index in [1.807, 2.05) is 26.2 Å². The second kappa shape index (κ2) is 8.27. The van der Waals surface area contributed by atoms with Gasteiger partial charge in [0.1, 0.15) is 11.4 Å². The molecule has 0 aliphatic carbocycles. The number of hydrogen-bond acceptors (Lipinski definition) is 3. The Morgan fingerprint density at radius 3 is 2.87 bits per heavy atom. The number of nitrogens with one attached hydrogen (secondary N) is 1. The summed E-state index contributed by atoms with van der Waals surface area (Å²) in [6.45, 7) is 2.83. The number of Topliss-reactive ketones (excluding diaryl/α,β-unsaturated/α-hetero) is 1. The molecule has 162 valence electrons. The number of ketones is 1. The minimum Gasteiger partial charge on any atom is -0.486 e. The molecule has 2 heterocycles. The van der Waals surface area contributed by atoms with Crippen LogP contribution < -0.4 is 10.1 Å². The maximum atomic E-state index is 12.6. The van der Waals surface area contributed by atoms with Gasteiger partial charge in [0.15, 0.2) is 5.78 Å². The zero-order valence-electron chi connectivity index (χ0n) is 17.9. The Balaban J connectivity index is 1.32. The average Bonchev–Trinajstić information content (AvgIpc) is 3.11. The average molecular weight is 440 g/mol. The van der Waals surface area contributed by atoms with Crippen LogP contribution in [0, 0.1) is 0 Å². The Bertz CT molecular complexity index is 1160. The summed E-state index contributed by atoms with van der Waals surface area (Å²) in [5, 5.41) is 4.62. The van der Waals surface area contributed by atoms with Gasteiger partial charge in [-0.1, -0.05) is 17.7 Å². The molecular weight excluding hydrogens is 414 g/mol. The van der Waals surface area contributed by atoms with E-state index >= 15 is 0 Å². The molecule has 6 nitrogen and oxygen atoms in total. The highest BCUT2D eigenvalue weighted by molar-refractivity contribution is 6.31. The van der Waals surface area contributed by atoms with Crippen LogP contribution in [0.4, 0.5) is 4.79 Å². The van der Waals surface area contributed by atoms with Crippen molar-refractivity contribution < 1.29 is 14.3 Å². The Labute approximate surface area is 186 Å². The molecule has 2 amide bonds. The number of halogens is 1. The molecule has 0 spiro atoms. The van der Waals surface area contributed by atoms with Gasteiger partial charge in [0.25, 0.3) is 0 Å². The van der Waals surface area contributed by atoms with E-state index in [4.69, 9.17) is 16.3 Å².